The molecular formula is C20H17N7O. The smallest absolute Gasteiger partial charge is 0.255 e. The molecule has 2 N–H and O–H groups in total. The fourth-order valence-corrected chi connectivity index (χ4v) is 3.70. The number of pyridine rings is 1. The second kappa shape index (κ2) is 6.73. The van der Waals surface area contributed by atoms with E-state index in [1.54, 1.807) is 12.5 Å². The number of hydrogen-bond acceptors (Lipinski definition) is 5. The van der Waals surface area contributed by atoms with Crippen molar-refractivity contribution in [3.05, 3.63) is 84.0 Å². The van der Waals surface area contributed by atoms with E-state index in [0.29, 0.717) is 17.9 Å². The van der Waals surface area contributed by atoms with E-state index in [1.807, 2.05) is 47.4 Å². The second-order valence-electron chi connectivity index (χ2n) is 6.55. The van der Waals surface area contributed by atoms with Gasteiger partial charge in [-0.05, 0) is 18.2 Å². The molecule has 1 aromatic carbocycles. The molecule has 0 saturated carbocycles. The number of carbonyl (C=O) groups is 1. The highest BCUT2D eigenvalue weighted by atomic mass is 16.2. The van der Waals surface area contributed by atoms with E-state index in [1.165, 1.54) is 6.33 Å². The highest BCUT2D eigenvalue weighted by Crippen LogP contribution is 2.34. The van der Waals surface area contributed by atoms with Gasteiger partial charge in [-0.3, -0.25) is 14.9 Å². The van der Waals surface area contributed by atoms with Crippen LogP contribution in [0.25, 0.3) is 11.4 Å². The zero-order valence-electron chi connectivity index (χ0n) is 14.9. The van der Waals surface area contributed by atoms with Crippen molar-refractivity contribution >= 4 is 5.91 Å². The molecule has 1 atom stereocenters. The van der Waals surface area contributed by atoms with Crippen molar-refractivity contribution in [1.82, 2.24) is 35.0 Å². The number of carbonyl (C=O) groups excluding carboxylic acids is 1. The third-order valence-electron chi connectivity index (χ3n) is 4.98. The first-order valence-corrected chi connectivity index (χ1v) is 9.01. The number of nitrogens with zero attached hydrogens (tertiary/aromatic N) is 5. The number of fused-ring (bicyclic) bond motifs is 1. The summed E-state index contributed by atoms with van der Waals surface area (Å²) in [7, 11) is 0. The summed E-state index contributed by atoms with van der Waals surface area (Å²) in [4.78, 5) is 31.9. The first-order valence-electron chi connectivity index (χ1n) is 9.01. The lowest BCUT2D eigenvalue weighted by atomic mass is 9.97. The van der Waals surface area contributed by atoms with Gasteiger partial charge in [-0.1, -0.05) is 24.3 Å². The molecule has 0 radical (unpaired) electrons. The van der Waals surface area contributed by atoms with Crippen molar-refractivity contribution in [3.8, 4) is 11.4 Å². The number of nitrogens with one attached hydrogen (secondary N) is 2. The first kappa shape index (κ1) is 16.4. The van der Waals surface area contributed by atoms with E-state index >= 15 is 0 Å². The minimum atomic E-state index is -0.341. The van der Waals surface area contributed by atoms with Gasteiger partial charge >= 0.3 is 0 Å². The van der Waals surface area contributed by atoms with Crippen LogP contribution in [0.15, 0.2) is 61.3 Å². The highest BCUT2D eigenvalue weighted by Gasteiger charge is 2.36. The molecule has 1 aliphatic rings. The largest absolute Gasteiger partial charge is 0.348 e. The lowest BCUT2D eigenvalue weighted by molar-refractivity contribution is 0.0688. The average molecular weight is 371 g/mol. The van der Waals surface area contributed by atoms with Crippen molar-refractivity contribution in [3.63, 3.8) is 0 Å². The van der Waals surface area contributed by atoms with Crippen LogP contribution in [0.3, 0.4) is 0 Å². The molecule has 138 valence electrons. The summed E-state index contributed by atoms with van der Waals surface area (Å²) in [5, 5.41) is 6.76. The fourth-order valence-electron chi connectivity index (χ4n) is 3.70. The Kier molecular flexibility index (Phi) is 3.93. The van der Waals surface area contributed by atoms with E-state index in [4.69, 9.17) is 0 Å². The normalized spacial score (nSPS) is 16.0. The molecule has 0 saturated heterocycles. The van der Waals surface area contributed by atoms with Crippen molar-refractivity contribution in [2.45, 2.75) is 12.5 Å². The number of rotatable bonds is 3. The lowest BCUT2D eigenvalue weighted by Crippen LogP contribution is -2.41. The molecule has 0 aliphatic carbocycles. The second-order valence-corrected chi connectivity index (χ2v) is 6.55. The zero-order valence-corrected chi connectivity index (χ0v) is 14.9. The Balaban J connectivity index is 1.60. The molecule has 8 heteroatoms. The fraction of sp³-hybridized carbons (Fsp3) is 0.150. The van der Waals surface area contributed by atoms with Crippen molar-refractivity contribution in [1.29, 1.82) is 0 Å². The number of hydrogen-bond donors (Lipinski definition) is 2. The molecule has 28 heavy (non-hydrogen) atoms. The van der Waals surface area contributed by atoms with Gasteiger partial charge in [0.2, 0.25) is 0 Å². The summed E-state index contributed by atoms with van der Waals surface area (Å²) < 4.78 is 0. The summed E-state index contributed by atoms with van der Waals surface area (Å²) in [5.41, 5.74) is 3.97. The summed E-state index contributed by atoms with van der Waals surface area (Å²) >= 11 is 0. The Hall–Kier alpha value is -3.81. The van der Waals surface area contributed by atoms with Gasteiger partial charge in [-0.25, -0.2) is 9.97 Å². The molecule has 0 spiro atoms. The minimum absolute atomic E-state index is 0.0868. The molecule has 8 nitrogen and oxygen atoms in total. The molecule has 4 aromatic rings. The van der Waals surface area contributed by atoms with Crippen LogP contribution in [0.4, 0.5) is 0 Å². The van der Waals surface area contributed by atoms with Gasteiger partial charge in [-0.2, -0.15) is 5.10 Å². The Morgan fingerprint density at radius 3 is 2.79 bits per heavy atom. The van der Waals surface area contributed by atoms with Gasteiger partial charge in [0.1, 0.15) is 12.4 Å². The Morgan fingerprint density at radius 2 is 1.96 bits per heavy atom. The van der Waals surface area contributed by atoms with Gasteiger partial charge < -0.3 is 9.88 Å². The van der Waals surface area contributed by atoms with Crippen molar-refractivity contribution < 1.29 is 4.79 Å². The number of amides is 1. The van der Waals surface area contributed by atoms with Crippen LogP contribution in [-0.4, -0.2) is 47.5 Å². The van der Waals surface area contributed by atoms with Gasteiger partial charge in [0, 0.05) is 30.4 Å². The summed E-state index contributed by atoms with van der Waals surface area (Å²) in [6, 6.07) is 12.8. The van der Waals surface area contributed by atoms with Gasteiger partial charge in [0.15, 0.2) is 5.82 Å². The van der Waals surface area contributed by atoms with E-state index < -0.39 is 0 Å². The third kappa shape index (κ3) is 2.66. The predicted molar refractivity (Wildman–Crippen MR) is 101 cm³/mol. The van der Waals surface area contributed by atoms with Gasteiger partial charge in [0.05, 0.1) is 23.3 Å². The zero-order chi connectivity index (χ0) is 18.9. The van der Waals surface area contributed by atoms with Crippen LogP contribution < -0.4 is 0 Å². The molecule has 1 aliphatic heterocycles. The number of H-pyrrole nitrogens is 2. The first-order chi connectivity index (χ1) is 13.8. The quantitative estimate of drug-likeness (QED) is 0.575. The molecule has 5 rings (SSSR count). The van der Waals surface area contributed by atoms with E-state index in [2.05, 4.69) is 30.1 Å². The molecule has 0 fully saturated rings. The molecule has 0 unspecified atom stereocenters. The van der Waals surface area contributed by atoms with Crippen LogP contribution in [0.2, 0.25) is 0 Å². The molecule has 3 aromatic heterocycles. The van der Waals surface area contributed by atoms with Crippen LogP contribution in [0.1, 0.15) is 33.5 Å². The topological polar surface area (TPSA) is 103 Å². The minimum Gasteiger partial charge on any atom is -0.348 e. The third-order valence-corrected chi connectivity index (χ3v) is 4.98. The average Bonchev–Trinajstić information content (AvgIpc) is 3.45. The molecular weight excluding hydrogens is 354 g/mol. The Labute approximate surface area is 160 Å². The molecule has 1 amide bonds. The summed E-state index contributed by atoms with van der Waals surface area (Å²) in [5.74, 6) is 0.479. The number of aromatic nitrogens is 6. The highest BCUT2D eigenvalue weighted by molar-refractivity contribution is 6.00. The maximum Gasteiger partial charge on any atom is 0.255 e. The Morgan fingerprint density at radius 1 is 1.07 bits per heavy atom. The summed E-state index contributed by atoms with van der Waals surface area (Å²) in [6.07, 6.45) is 5.57. The van der Waals surface area contributed by atoms with Crippen LogP contribution in [0.5, 0.6) is 0 Å². The SMILES string of the molecule is O=C(c1ccccc1-c1ncn[nH]1)N1CCc2[nH]cnc2[C@H]1c1ccccn1. The van der Waals surface area contributed by atoms with E-state index in [9.17, 15) is 4.79 Å². The molecule has 0 bridgehead atoms. The number of benzene rings is 1. The maximum atomic E-state index is 13.6. The van der Waals surface area contributed by atoms with Gasteiger partial charge in [-0.15, -0.1) is 0 Å². The van der Waals surface area contributed by atoms with Gasteiger partial charge in [0.25, 0.3) is 5.91 Å². The molecule has 4 heterocycles. The Bertz CT molecular complexity index is 1100. The predicted octanol–water partition coefficient (Wildman–Crippen LogP) is 2.38. The standard InChI is InChI=1S/C20H17N7O/c28-20(14-6-2-1-5-13(14)19-24-12-25-26-19)27-10-8-15-17(23-11-22-15)18(27)16-7-3-4-9-21-16/h1-7,9,11-12,18H,8,10H2,(H,22,23)(H,24,25,26)/t18-/m1/s1. The van der Waals surface area contributed by atoms with E-state index in [-0.39, 0.29) is 11.9 Å². The van der Waals surface area contributed by atoms with Crippen molar-refractivity contribution in [2.75, 3.05) is 6.54 Å². The monoisotopic (exact) mass is 371 g/mol. The number of imidazole rings is 1. The van der Waals surface area contributed by atoms with E-state index in [0.717, 1.165) is 29.1 Å². The van der Waals surface area contributed by atoms with Crippen LogP contribution >= 0.6 is 0 Å². The van der Waals surface area contributed by atoms with Crippen LogP contribution in [0, 0.1) is 0 Å². The number of aromatic amines is 2. The lowest BCUT2D eigenvalue weighted by Gasteiger charge is -2.35. The summed E-state index contributed by atoms with van der Waals surface area (Å²) in [6.45, 7) is 0.569. The van der Waals surface area contributed by atoms with Crippen LogP contribution in [-0.2, 0) is 6.42 Å². The van der Waals surface area contributed by atoms with Crippen molar-refractivity contribution in [2.24, 2.45) is 0 Å². The maximum absolute atomic E-state index is 13.6.